The third-order valence-corrected chi connectivity index (χ3v) is 2.00. The topological polar surface area (TPSA) is 17.1 Å². The molecule has 1 nitrogen and oxygen atoms in total. The summed E-state index contributed by atoms with van der Waals surface area (Å²) >= 11 is 3.99. The van der Waals surface area contributed by atoms with Crippen molar-refractivity contribution in [3.8, 4) is 11.8 Å². The van der Waals surface area contributed by atoms with Gasteiger partial charge in [0.25, 0.3) is 0 Å². The van der Waals surface area contributed by atoms with Crippen molar-refractivity contribution >= 4 is 18.4 Å². The first kappa shape index (κ1) is 10.9. The molecule has 0 radical (unpaired) electrons. The summed E-state index contributed by atoms with van der Waals surface area (Å²) < 4.78 is 0. The van der Waals surface area contributed by atoms with Crippen molar-refractivity contribution in [1.82, 2.24) is 0 Å². The Balaban J connectivity index is 2.83. The average molecular weight is 204 g/mol. The molecular formula is C12H12OS. The molecule has 0 N–H and O–H groups in total. The molecule has 0 heterocycles. The Bertz CT molecular complexity index is 368. The molecule has 1 rings (SSSR count). The van der Waals surface area contributed by atoms with Crippen molar-refractivity contribution in [2.24, 2.45) is 0 Å². The van der Waals surface area contributed by atoms with Crippen LogP contribution in [-0.4, -0.2) is 11.5 Å². The molecule has 0 aliphatic rings. The SMILES string of the molecule is CCC(=O)c1ccc(C#CCS)cc1. The van der Waals surface area contributed by atoms with E-state index in [0.29, 0.717) is 12.2 Å². The van der Waals surface area contributed by atoms with E-state index in [-0.39, 0.29) is 5.78 Å². The van der Waals surface area contributed by atoms with E-state index in [1.165, 1.54) is 0 Å². The fourth-order valence-corrected chi connectivity index (χ4v) is 1.16. The number of carbonyl (C=O) groups excluding carboxylic acids is 1. The number of hydrogen-bond donors (Lipinski definition) is 1. The molecule has 0 bridgehead atoms. The normalized spacial score (nSPS) is 9.00. The van der Waals surface area contributed by atoms with Crippen molar-refractivity contribution in [2.75, 3.05) is 5.75 Å². The van der Waals surface area contributed by atoms with Crippen molar-refractivity contribution in [2.45, 2.75) is 13.3 Å². The lowest BCUT2D eigenvalue weighted by atomic mass is 10.1. The molecule has 0 aliphatic heterocycles. The van der Waals surface area contributed by atoms with E-state index in [9.17, 15) is 4.79 Å². The monoisotopic (exact) mass is 204 g/mol. The summed E-state index contributed by atoms with van der Waals surface area (Å²) in [6.07, 6.45) is 0.543. The van der Waals surface area contributed by atoms with Crippen LogP contribution in [0.25, 0.3) is 0 Å². The van der Waals surface area contributed by atoms with E-state index >= 15 is 0 Å². The quantitative estimate of drug-likeness (QED) is 0.445. The molecule has 0 amide bonds. The molecule has 1 aromatic carbocycles. The lowest BCUT2D eigenvalue weighted by Gasteiger charge is -1.96. The molecule has 0 spiro atoms. The fraction of sp³-hybridized carbons (Fsp3) is 0.250. The number of thiol groups is 1. The molecule has 0 aromatic heterocycles. The molecule has 0 fully saturated rings. The van der Waals surface area contributed by atoms with Crippen molar-refractivity contribution in [3.63, 3.8) is 0 Å². The summed E-state index contributed by atoms with van der Waals surface area (Å²) in [7, 11) is 0. The van der Waals surface area contributed by atoms with Gasteiger partial charge in [-0.3, -0.25) is 4.79 Å². The zero-order chi connectivity index (χ0) is 10.4. The molecule has 1 aromatic rings. The highest BCUT2D eigenvalue weighted by Crippen LogP contribution is 2.05. The van der Waals surface area contributed by atoms with Crippen LogP contribution in [0.1, 0.15) is 29.3 Å². The first-order chi connectivity index (χ1) is 6.77. The second kappa shape index (κ2) is 5.51. The highest BCUT2D eigenvalue weighted by atomic mass is 32.1. The largest absolute Gasteiger partial charge is 0.294 e. The molecule has 14 heavy (non-hydrogen) atoms. The maximum atomic E-state index is 11.3. The fourth-order valence-electron chi connectivity index (χ4n) is 1.09. The van der Waals surface area contributed by atoms with Gasteiger partial charge < -0.3 is 0 Å². The summed E-state index contributed by atoms with van der Waals surface area (Å²) in [5.74, 6) is 6.51. The summed E-state index contributed by atoms with van der Waals surface area (Å²) in [5.41, 5.74) is 1.68. The first-order valence-electron chi connectivity index (χ1n) is 4.51. The maximum absolute atomic E-state index is 11.3. The predicted octanol–water partition coefficient (Wildman–Crippen LogP) is 2.56. The van der Waals surface area contributed by atoms with Crippen LogP contribution < -0.4 is 0 Å². The van der Waals surface area contributed by atoms with Gasteiger partial charge in [-0.2, -0.15) is 12.6 Å². The number of ketones is 1. The summed E-state index contributed by atoms with van der Waals surface area (Å²) in [5, 5.41) is 0. The van der Waals surface area contributed by atoms with Crippen LogP contribution in [0.4, 0.5) is 0 Å². The number of rotatable bonds is 2. The van der Waals surface area contributed by atoms with Gasteiger partial charge in [-0.05, 0) is 12.1 Å². The highest BCUT2D eigenvalue weighted by Gasteiger charge is 2.00. The number of hydrogen-bond acceptors (Lipinski definition) is 2. The Morgan fingerprint density at radius 1 is 1.36 bits per heavy atom. The Hall–Kier alpha value is -1.20. The van der Waals surface area contributed by atoms with Gasteiger partial charge in [-0.15, -0.1) is 0 Å². The second-order valence-corrected chi connectivity index (χ2v) is 3.13. The van der Waals surface area contributed by atoms with Crippen molar-refractivity contribution in [3.05, 3.63) is 35.4 Å². The summed E-state index contributed by atoms with van der Waals surface area (Å²) in [6, 6.07) is 7.35. The molecule has 0 atom stereocenters. The van der Waals surface area contributed by atoms with E-state index in [4.69, 9.17) is 0 Å². The van der Waals surface area contributed by atoms with E-state index in [1.807, 2.05) is 31.2 Å². The van der Waals surface area contributed by atoms with Gasteiger partial charge in [-0.1, -0.05) is 30.9 Å². The number of carbonyl (C=O) groups is 1. The van der Waals surface area contributed by atoms with Crippen LogP contribution in [0, 0.1) is 11.8 Å². The smallest absolute Gasteiger partial charge is 0.162 e. The second-order valence-electron chi connectivity index (χ2n) is 2.81. The van der Waals surface area contributed by atoms with Crippen LogP contribution in [0.5, 0.6) is 0 Å². The van der Waals surface area contributed by atoms with Gasteiger partial charge in [0.1, 0.15) is 0 Å². The zero-order valence-corrected chi connectivity index (χ0v) is 8.97. The van der Waals surface area contributed by atoms with Crippen molar-refractivity contribution < 1.29 is 4.79 Å². The molecular weight excluding hydrogens is 192 g/mol. The van der Waals surface area contributed by atoms with Gasteiger partial charge in [0.2, 0.25) is 0 Å². The average Bonchev–Trinajstić information content (AvgIpc) is 2.26. The lowest BCUT2D eigenvalue weighted by molar-refractivity contribution is 0.0988. The predicted molar refractivity (Wildman–Crippen MR) is 61.8 cm³/mol. The number of Topliss-reactive ketones (excluding diaryl/α,β-unsaturated/α-hetero) is 1. The van der Waals surface area contributed by atoms with Gasteiger partial charge in [0.15, 0.2) is 5.78 Å². The molecule has 72 valence electrons. The van der Waals surface area contributed by atoms with Crippen LogP contribution in [0.2, 0.25) is 0 Å². The molecule has 0 saturated carbocycles. The van der Waals surface area contributed by atoms with Crippen molar-refractivity contribution in [1.29, 1.82) is 0 Å². The van der Waals surface area contributed by atoms with E-state index in [2.05, 4.69) is 24.5 Å². The van der Waals surface area contributed by atoms with Crippen LogP contribution in [0.15, 0.2) is 24.3 Å². The Kier molecular flexibility index (Phi) is 4.28. The Labute approximate surface area is 89.9 Å². The first-order valence-corrected chi connectivity index (χ1v) is 5.14. The lowest BCUT2D eigenvalue weighted by Crippen LogP contribution is -1.95. The van der Waals surface area contributed by atoms with E-state index in [1.54, 1.807) is 0 Å². The standard InChI is InChI=1S/C12H12OS/c1-2-12(13)11-7-5-10(6-8-11)4-3-9-14/h5-8,14H,2,9H2,1H3. The summed E-state index contributed by atoms with van der Waals surface area (Å²) in [6.45, 7) is 1.86. The van der Waals surface area contributed by atoms with Gasteiger partial charge in [0.05, 0.1) is 5.75 Å². The van der Waals surface area contributed by atoms with Gasteiger partial charge in [-0.25, -0.2) is 0 Å². The Morgan fingerprint density at radius 3 is 2.50 bits per heavy atom. The third kappa shape index (κ3) is 2.93. The molecule has 0 aliphatic carbocycles. The minimum absolute atomic E-state index is 0.165. The van der Waals surface area contributed by atoms with Gasteiger partial charge in [0, 0.05) is 17.5 Å². The maximum Gasteiger partial charge on any atom is 0.162 e. The number of benzene rings is 1. The van der Waals surface area contributed by atoms with E-state index in [0.717, 1.165) is 11.1 Å². The molecule has 2 heteroatoms. The minimum atomic E-state index is 0.165. The van der Waals surface area contributed by atoms with Crippen LogP contribution >= 0.6 is 12.6 Å². The molecule has 0 unspecified atom stereocenters. The van der Waals surface area contributed by atoms with Crippen LogP contribution in [-0.2, 0) is 0 Å². The summed E-state index contributed by atoms with van der Waals surface area (Å²) in [4.78, 5) is 11.3. The van der Waals surface area contributed by atoms with Gasteiger partial charge >= 0.3 is 0 Å². The van der Waals surface area contributed by atoms with E-state index < -0.39 is 0 Å². The third-order valence-electron chi connectivity index (χ3n) is 1.84. The highest BCUT2D eigenvalue weighted by molar-refractivity contribution is 7.80. The Morgan fingerprint density at radius 2 is 2.00 bits per heavy atom. The molecule has 0 saturated heterocycles. The zero-order valence-electron chi connectivity index (χ0n) is 8.08. The van der Waals surface area contributed by atoms with Crippen LogP contribution in [0.3, 0.4) is 0 Å². The minimum Gasteiger partial charge on any atom is -0.294 e.